The molecule has 0 aliphatic carbocycles. The number of nitrogens with zero attached hydrogens (tertiary/aromatic N) is 3. The van der Waals surface area contributed by atoms with E-state index in [1.54, 1.807) is 11.9 Å². The van der Waals surface area contributed by atoms with Crippen LogP contribution in [0.5, 0.6) is 5.75 Å². The summed E-state index contributed by atoms with van der Waals surface area (Å²) in [5.74, 6) is 1.77. The minimum Gasteiger partial charge on any atom is -0.492 e. The van der Waals surface area contributed by atoms with Crippen LogP contribution >= 0.6 is 0 Å². The Morgan fingerprint density at radius 3 is 2.67 bits per heavy atom. The molecule has 27 heavy (non-hydrogen) atoms. The molecule has 0 unspecified atom stereocenters. The van der Waals surface area contributed by atoms with Gasteiger partial charge in [-0.1, -0.05) is 29.8 Å². The number of imidazole rings is 1. The van der Waals surface area contributed by atoms with Crippen molar-refractivity contribution < 1.29 is 9.53 Å². The van der Waals surface area contributed by atoms with Crippen molar-refractivity contribution >= 4 is 17.1 Å². The van der Waals surface area contributed by atoms with Gasteiger partial charge in [-0.2, -0.15) is 0 Å². The molecular weight excluding hydrogens is 340 g/mol. The number of aryl methyl sites for hydroxylation is 2. The van der Waals surface area contributed by atoms with Gasteiger partial charge in [-0.05, 0) is 38.1 Å². The lowest BCUT2D eigenvalue weighted by Gasteiger charge is -2.18. The largest absolute Gasteiger partial charge is 0.492 e. The highest BCUT2D eigenvalue weighted by Crippen LogP contribution is 2.15. The van der Waals surface area contributed by atoms with Gasteiger partial charge in [-0.3, -0.25) is 0 Å². The third-order valence-electron chi connectivity index (χ3n) is 4.52. The van der Waals surface area contributed by atoms with Gasteiger partial charge in [-0.15, -0.1) is 0 Å². The van der Waals surface area contributed by atoms with Gasteiger partial charge in [-0.25, -0.2) is 9.78 Å². The van der Waals surface area contributed by atoms with E-state index in [0.29, 0.717) is 26.2 Å². The number of hydrogen-bond donors (Lipinski definition) is 1. The maximum atomic E-state index is 12.2. The second-order valence-corrected chi connectivity index (χ2v) is 6.61. The molecule has 0 aliphatic heterocycles. The molecule has 2 amide bonds. The van der Waals surface area contributed by atoms with Gasteiger partial charge in [0.25, 0.3) is 0 Å². The van der Waals surface area contributed by atoms with Crippen LogP contribution in [0.1, 0.15) is 11.4 Å². The van der Waals surface area contributed by atoms with Crippen molar-refractivity contribution in [2.75, 3.05) is 26.7 Å². The Balaban J connectivity index is 1.43. The summed E-state index contributed by atoms with van der Waals surface area (Å²) in [6.07, 6.45) is 0. The number of carbonyl (C=O) groups is 1. The molecule has 142 valence electrons. The van der Waals surface area contributed by atoms with E-state index in [-0.39, 0.29) is 6.03 Å². The molecule has 0 saturated carbocycles. The number of aromatic nitrogens is 2. The van der Waals surface area contributed by atoms with Crippen LogP contribution in [0.3, 0.4) is 0 Å². The first-order chi connectivity index (χ1) is 13.0. The fourth-order valence-electron chi connectivity index (χ4n) is 2.92. The van der Waals surface area contributed by atoms with E-state index in [0.717, 1.165) is 22.6 Å². The van der Waals surface area contributed by atoms with Crippen LogP contribution in [-0.2, 0) is 6.54 Å². The number of urea groups is 1. The summed E-state index contributed by atoms with van der Waals surface area (Å²) in [4.78, 5) is 18.4. The van der Waals surface area contributed by atoms with Crippen LogP contribution in [0, 0.1) is 13.8 Å². The van der Waals surface area contributed by atoms with E-state index in [1.807, 2.05) is 62.4 Å². The number of ether oxygens (including phenoxy) is 1. The number of nitrogens with one attached hydrogen (secondary N) is 1. The molecule has 1 heterocycles. The lowest BCUT2D eigenvalue weighted by atomic mass is 10.2. The van der Waals surface area contributed by atoms with Gasteiger partial charge in [0.1, 0.15) is 18.2 Å². The molecule has 6 nitrogen and oxygen atoms in total. The number of rotatable bonds is 7. The maximum absolute atomic E-state index is 12.2. The number of likely N-dealkylation sites (N-methyl/N-ethyl adjacent to an activating group) is 1. The molecule has 0 saturated heterocycles. The Morgan fingerprint density at radius 1 is 1.15 bits per heavy atom. The topological polar surface area (TPSA) is 59.4 Å². The molecule has 3 aromatic rings. The van der Waals surface area contributed by atoms with E-state index >= 15 is 0 Å². The molecule has 2 aromatic carbocycles. The fraction of sp³-hybridized carbons (Fsp3) is 0.333. The third kappa shape index (κ3) is 4.78. The molecule has 1 aromatic heterocycles. The van der Waals surface area contributed by atoms with Crippen LogP contribution in [0.25, 0.3) is 11.0 Å². The van der Waals surface area contributed by atoms with Crippen molar-refractivity contribution in [1.29, 1.82) is 0 Å². The minimum atomic E-state index is -0.107. The van der Waals surface area contributed by atoms with Gasteiger partial charge < -0.3 is 19.5 Å². The zero-order valence-electron chi connectivity index (χ0n) is 16.1. The van der Waals surface area contributed by atoms with E-state index in [1.165, 1.54) is 5.56 Å². The average Bonchev–Trinajstić information content (AvgIpc) is 2.98. The average molecular weight is 366 g/mol. The van der Waals surface area contributed by atoms with Crippen molar-refractivity contribution in [2.45, 2.75) is 20.4 Å². The summed E-state index contributed by atoms with van der Waals surface area (Å²) in [5, 5.41) is 2.95. The zero-order valence-corrected chi connectivity index (χ0v) is 16.1. The lowest BCUT2D eigenvalue weighted by Crippen LogP contribution is -2.40. The number of benzene rings is 2. The lowest BCUT2D eigenvalue weighted by molar-refractivity contribution is 0.195. The molecule has 0 radical (unpaired) electrons. The quantitative estimate of drug-likeness (QED) is 0.697. The Labute approximate surface area is 159 Å². The van der Waals surface area contributed by atoms with E-state index in [9.17, 15) is 4.79 Å². The monoisotopic (exact) mass is 366 g/mol. The molecule has 1 N–H and O–H groups in total. The van der Waals surface area contributed by atoms with E-state index in [2.05, 4.69) is 14.9 Å². The maximum Gasteiger partial charge on any atom is 0.317 e. The SMILES string of the molecule is Cc1ccc(OCCN(C)C(=O)NCCn2c(C)nc3ccccc32)cc1. The molecule has 6 heteroatoms. The van der Waals surface area contributed by atoms with E-state index in [4.69, 9.17) is 4.74 Å². The highest BCUT2D eigenvalue weighted by atomic mass is 16.5. The summed E-state index contributed by atoms with van der Waals surface area (Å²) in [7, 11) is 1.77. The Kier molecular flexibility index (Phi) is 5.96. The second-order valence-electron chi connectivity index (χ2n) is 6.61. The molecule has 0 bridgehead atoms. The first-order valence-electron chi connectivity index (χ1n) is 9.15. The first kappa shape index (κ1) is 18.8. The van der Waals surface area contributed by atoms with Crippen molar-refractivity contribution in [1.82, 2.24) is 19.8 Å². The number of hydrogen-bond acceptors (Lipinski definition) is 3. The van der Waals surface area contributed by atoms with Crippen molar-refractivity contribution in [3.05, 3.63) is 59.9 Å². The van der Waals surface area contributed by atoms with Crippen LogP contribution in [0.15, 0.2) is 48.5 Å². The van der Waals surface area contributed by atoms with E-state index < -0.39 is 0 Å². The van der Waals surface area contributed by atoms with Crippen LogP contribution in [-0.4, -0.2) is 47.2 Å². The summed E-state index contributed by atoms with van der Waals surface area (Å²) in [6.45, 7) is 6.23. The highest BCUT2D eigenvalue weighted by molar-refractivity contribution is 5.76. The van der Waals surface area contributed by atoms with Gasteiger partial charge in [0.2, 0.25) is 0 Å². The number of fused-ring (bicyclic) bond motifs is 1. The van der Waals surface area contributed by atoms with Gasteiger partial charge in [0.15, 0.2) is 0 Å². The molecule has 0 atom stereocenters. The molecule has 0 fully saturated rings. The predicted octanol–water partition coefficient (Wildman–Crippen LogP) is 3.37. The normalized spacial score (nSPS) is 10.8. The molecule has 0 spiro atoms. The van der Waals surface area contributed by atoms with Gasteiger partial charge in [0, 0.05) is 20.1 Å². The predicted molar refractivity (Wildman–Crippen MR) is 107 cm³/mol. The first-order valence-corrected chi connectivity index (χ1v) is 9.15. The Hall–Kier alpha value is -3.02. The van der Waals surface area contributed by atoms with Gasteiger partial charge in [0.05, 0.1) is 17.6 Å². The van der Waals surface area contributed by atoms with Crippen LogP contribution < -0.4 is 10.1 Å². The standard InChI is InChI=1S/C21H26N4O2/c1-16-8-10-18(11-9-16)27-15-14-24(3)21(26)22-12-13-25-17(2)23-19-6-4-5-7-20(19)25/h4-11H,12-15H2,1-3H3,(H,22,26). The van der Waals surface area contributed by atoms with Crippen LogP contribution in [0.4, 0.5) is 4.79 Å². The highest BCUT2D eigenvalue weighted by Gasteiger charge is 2.10. The van der Waals surface area contributed by atoms with Gasteiger partial charge >= 0.3 is 6.03 Å². The van der Waals surface area contributed by atoms with Crippen molar-refractivity contribution in [3.63, 3.8) is 0 Å². The van der Waals surface area contributed by atoms with Crippen molar-refractivity contribution in [3.8, 4) is 5.75 Å². The molecule has 3 rings (SSSR count). The summed E-state index contributed by atoms with van der Waals surface area (Å²) >= 11 is 0. The Bertz CT molecular complexity index is 902. The fourth-order valence-corrected chi connectivity index (χ4v) is 2.92. The zero-order chi connectivity index (χ0) is 19.2. The van der Waals surface area contributed by atoms with Crippen LogP contribution in [0.2, 0.25) is 0 Å². The number of amides is 2. The second kappa shape index (κ2) is 8.58. The summed E-state index contributed by atoms with van der Waals surface area (Å²) in [6, 6.07) is 15.8. The molecule has 0 aliphatic rings. The molecular formula is C21H26N4O2. The smallest absolute Gasteiger partial charge is 0.317 e. The number of para-hydroxylation sites is 2. The minimum absolute atomic E-state index is 0.107. The number of carbonyl (C=O) groups excluding carboxylic acids is 1. The third-order valence-corrected chi connectivity index (χ3v) is 4.52. The Morgan fingerprint density at radius 2 is 1.89 bits per heavy atom. The summed E-state index contributed by atoms with van der Waals surface area (Å²) in [5.41, 5.74) is 3.26. The van der Waals surface area contributed by atoms with Crippen molar-refractivity contribution in [2.24, 2.45) is 0 Å². The summed E-state index contributed by atoms with van der Waals surface area (Å²) < 4.78 is 7.80.